The van der Waals surface area contributed by atoms with Crippen molar-refractivity contribution in [2.45, 2.75) is 50.4 Å². The molecular weight excluding hydrogens is 502 g/mol. The average Bonchev–Trinajstić information content (AvgIpc) is 3.69. The van der Waals surface area contributed by atoms with Gasteiger partial charge in [-0.05, 0) is 50.5 Å². The molecule has 3 aromatic heterocycles. The van der Waals surface area contributed by atoms with E-state index in [-0.39, 0.29) is 0 Å². The quantitative estimate of drug-likeness (QED) is 0.331. The molecule has 9 nitrogen and oxygen atoms in total. The molecule has 0 amide bonds. The minimum absolute atomic E-state index is 0.418. The molecule has 1 aliphatic carbocycles. The summed E-state index contributed by atoms with van der Waals surface area (Å²) >= 11 is 6.78. The van der Waals surface area contributed by atoms with Gasteiger partial charge >= 0.3 is 0 Å². The van der Waals surface area contributed by atoms with E-state index in [4.69, 9.17) is 26.1 Å². The number of imidazole rings is 1. The first-order valence-corrected chi connectivity index (χ1v) is 13.5. The van der Waals surface area contributed by atoms with Gasteiger partial charge in [0.2, 0.25) is 0 Å². The van der Waals surface area contributed by atoms with Crippen molar-refractivity contribution in [1.29, 1.82) is 0 Å². The Bertz CT molecular complexity index is 1690. The maximum absolute atomic E-state index is 6.78. The van der Waals surface area contributed by atoms with Crippen LogP contribution >= 0.6 is 11.6 Å². The number of hydrogen-bond donors (Lipinski definition) is 1. The van der Waals surface area contributed by atoms with Crippen LogP contribution in [0.4, 0.5) is 0 Å². The largest absolute Gasteiger partial charge is 0.456 e. The van der Waals surface area contributed by atoms with Crippen molar-refractivity contribution < 1.29 is 9.47 Å². The van der Waals surface area contributed by atoms with Crippen molar-refractivity contribution in [3.63, 3.8) is 0 Å². The Labute approximate surface area is 223 Å². The number of likely N-dealkylation sites (tertiary alicyclic amines) is 1. The fourth-order valence-corrected chi connectivity index (χ4v) is 6.38. The fraction of sp³-hybridized carbons (Fsp3) is 0.357. The molecule has 0 radical (unpaired) electrons. The van der Waals surface area contributed by atoms with Crippen molar-refractivity contribution in [3.8, 4) is 22.8 Å². The summed E-state index contributed by atoms with van der Waals surface area (Å²) in [7, 11) is 0. The molecule has 2 atom stereocenters. The van der Waals surface area contributed by atoms with Crippen LogP contribution in [0.2, 0.25) is 5.02 Å². The van der Waals surface area contributed by atoms with E-state index in [1.54, 1.807) is 6.20 Å². The topological polar surface area (TPSA) is 94.0 Å². The Balaban J connectivity index is 1.02. The van der Waals surface area contributed by atoms with Crippen molar-refractivity contribution in [3.05, 3.63) is 59.8 Å². The van der Waals surface area contributed by atoms with Gasteiger partial charge in [-0.3, -0.25) is 14.6 Å². The third kappa shape index (κ3) is 3.68. The maximum atomic E-state index is 6.78. The van der Waals surface area contributed by atoms with E-state index in [0.717, 1.165) is 54.1 Å². The van der Waals surface area contributed by atoms with E-state index in [0.29, 0.717) is 51.8 Å². The van der Waals surface area contributed by atoms with Crippen LogP contribution in [-0.2, 0) is 4.74 Å². The Morgan fingerprint density at radius 1 is 1.03 bits per heavy atom. The second-order valence-electron chi connectivity index (χ2n) is 10.6. The number of rotatable bonds is 5. The third-order valence-corrected chi connectivity index (χ3v) is 8.55. The molecule has 38 heavy (non-hydrogen) atoms. The highest BCUT2D eigenvalue weighted by molar-refractivity contribution is 6.36. The third-order valence-electron chi connectivity index (χ3n) is 8.19. The Morgan fingerprint density at radius 2 is 1.92 bits per heavy atom. The number of morpholine rings is 1. The SMILES string of the molecule is Cc1nc2ccc(Oc3ccc4ncc(-c5cnn(C6CC(N7CC8CC7CO8)C6)c5)nc4c3Cl)cc2[nH]1. The summed E-state index contributed by atoms with van der Waals surface area (Å²) in [4.78, 5) is 19.8. The Morgan fingerprint density at radius 3 is 2.76 bits per heavy atom. The minimum Gasteiger partial charge on any atom is -0.456 e. The Hall–Kier alpha value is -3.53. The zero-order chi connectivity index (χ0) is 25.4. The lowest BCUT2D eigenvalue weighted by atomic mass is 9.85. The van der Waals surface area contributed by atoms with Gasteiger partial charge in [-0.2, -0.15) is 5.10 Å². The molecule has 1 N–H and O–H groups in total. The predicted molar refractivity (Wildman–Crippen MR) is 144 cm³/mol. The number of ether oxygens (including phenoxy) is 2. The monoisotopic (exact) mass is 527 g/mol. The number of aromatic amines is 1. The summed E-state index contributed by atoms with van der Waals surface area (Å²) in [5.74, 6) is 2.05. The van der Waals surface area contributed by atoms with Crippen LogP contribution in [0.25, 0.3) is 33.3 Å². The summed E-state index contributed by atoms with van der Waals surface area (Å²) in [5, 5.41) is 5.09. The highest BCUT2D eigenvalue weighted by Gasteiger charge is 2.46. The van der Waals surface area contributed by atoms with Crippen molar-refractivity contribution in [1.82, 2.24) is 34.6 Å². The standard InChI is InChI=1S/C28H26ClN7O2/c1-15-32-22-3-2-20(9-24(22)33-15)38-26-5-4-23-28(27(26)29)34-25(11-30-23)16-10-31-36(12-16)18-6-17(7-18)35-13-21-8-19(35)14-37-21/h2-5,9-12,17-19,21H,6-8,13-14H2,1H3,(H,32,33). The molecule has 10 heteroatoms. The van der Waals surface area contributed by atoms with Crippen LogP contribution < -0.4 is 4.74 Å². The number of fused-ring (bicyclic) bond motifs is 4. The highest BCUT2D eigenvalue weighted by atomic mass is 35.5. The summed E-state index contributed by atoms with van der Waals surface area (Å²) in [5.41, 5.74) is 4.79. The van der Waals surface area contributed by atoms with Gasteiger partial charge in [0.05, 0.1) is 53.4 Å². The normalized spacial score (nSPS) is 24.9. The molecule has 3 fully saturated rings. The number of hydrogen-bond acceptors (Lipinski definition) is 7. The first-order valence-electron chi connectivity index (χ1n) is 13.1. The van der Waals surface area contributed by atoms with Gasteiger partial charge in [-0.25, -0.2) is 9.97 Å². The van der Waals surface area contributed by atoms with Gasteiger partial charge in [0.1, 0.15) is 27.9 Å². The van der Waals surface area contributed by atoms with Gasteiger partial charge in [-0.15, -0.1) is 0 Å². The van der Waals surface area contributed by atoms with Crippen molar-refractivity contribution in [2.75, 3.05) is 13.2 Å². The second kappa shape index (κ2) is 8.49. The molecule has 2 bridgehead atoms. The maximum Gasteiger partial charge on any atom is 0.148 e. The average molecular weight is 528 g/mol. The molecule has 2 saturated heterocycles. The van der Waals surface area contributed by atoms with E-state index in [2.05, 4.69) is 35.8 Å². The molecule has 5 aromatic rings. The number of H-pyrrole nitrogens is 1. The molecule has 2 unspecified atom stereocenters. The molecular formula is C28H26ClN7O2. The van der Waals surface area contributed by atoms with Gasteiger partial charge in [0, 0.05) is 36.5 Å². The zero-order valence-corrected chi connectivity index (χ0v) is 21.6. The molecule has 3 aliphatic rings. The number of aryl methyl sites for hydroxylation is 1. The van der Waals surface area contributed by atoms with Gasteiger partial charge in [0.25, 0.3) is 0 Å². The predicted octanol–water partition coefficient (Wildman–Crippen LogP) is 5.30. The van der Waals surface area contributed by atoms with Crippen LogP contribution in [0.3, 0.4) is 0 Å². The van der Waals surface area contributed by atoms with E-state index >= 15 is 0 Å². The van der Waals surface area contributed by atoms with E-state index < -0.39 is 0 Å². The van der Waals surface area contributed by atoms with Crippen LogP contribution in [0.1, 0.15) is 31.1 Å². The van der Waals surface area contributed by atoms with Crippen LogP contribution in [0.15, 0.2) is 48.9 Å². The van der Waals surface area contributed by atoms with Crippen LogP contribution in [0, 0.1) is 6.92 Å². The molecule has 2 aliphatic heterocycles. The highest BCUT2D eigenvalue weighted by Crippen LogP contribution is 2.42. The first-order chi connectivity index (χ1) is 18.6. The molecule has 5 heterocycles. The smallest absolute Gasteiger partial charge is 0.148 e. The number of nitrogens with one attached hydrogen (secondary N) is 1. The fourth-order valence-electron chi connectivity index (χ4n) is 6.14. The van der Waals surface area contributed by atoms with Crippen molar-refractivity contribution >= 4 is 33.7 Å². The molecule has 0 spiro atoms. The van der Waals surface area contributed by atoms with E-state index in [1.807, 2.05) is 43.5 Å². The van der Waals surface area contributed by atoms with Gasteiger partial charge in [0.15, 0.2) is 0 Å². The number of benzene rings is 2. The van der Waals surface area contributed by atoms with E-state index in [1.165, 1.54) is 6.42 Å². The van der Waals surface area contributed by atoms with Crippen LogP contribution in [0.5, 0.6) is 11.5 Å². The summed E-state index contributed by atoms with van der Waals surface area (Å²) in [6, 6.07) is 11.1. The Kier molecular flexibility index (Phi) is 5.02. The van der Waals surface area contributed by atoms with Crippen LogP contribution in [-0.4, -0.2) is 66.0 Å². The van der Waals surface area contributed by atoms with E-state index in [9.17, 15) is 0 Å². The molecule has 192 valence electrons. The van der Waals surface area contributed by atoms with Gasteiger partial charge in [-0.1, -0.05) is 11.6 Å². The lowest BCUT2D eigenvalue weighted by molar-refractivity contribution is -0.0196. The summed E-state index contributed by atoms with van der Waals surface area (Å²) in [6.07, 6.45) is 9.62. The molecule has 8 rings (SSSR count). The second-order valence-corrected chi connectivity index (χ2v) is 11.0. The zero-order valence-electron chi connectivity index (χ0n) is 20.8. The lowest BCUT2D eigenvalue weighted by Gasteiger charge is -2.44. The number of halogens is 1. The molecule has 2 aromatic carbocycles. The van der Waals surface area contributed by atoms with Crippen molar-refractivity contribution in [2.24, 2.45) is 0 Å². The molecule has 1 saturated carbocycles. The van der Waals surface area contributed by atoms with Gasteiger partial charge < -0.3 is 14.5 Å². The summed E-state index contributed by atoms with van der Waals surface area (Å²) in [6.45, 7) is 3.91. The minimum atomic E-state index is 0.418. The lowest BCUT2D eigenvalue weighted by Crippen LogP contribution is -2.50. The number of aromatic nitrogens is 6. The number of nitrogens with zero attached hydrogens (tertiary/aromatic N) is 6. The summed E-state index contributed by atoms with van der Waals surface area (Å²) < 4.78 is 14.0. The first kappa shape index (κ1) is 22.5.